The normalized spacial score (nSPS) is 11.6. The molecule has 0 fully saturated rings. The van der Waals surface area contributed by atoms with Crippen LogP contribution in [-0.2, 0) is 16.0 Å². The summed E-state index contributed by atoms with van der Waals surface area (Å²) in [6, 6.07) is 7.18. The van der Waals surface area contributed by atoms with E-state index in [4.69, 9.17) is 14.7 Å². The van der Waals surface area contributed by atoms with Crippen LogP contribution in [0, 0.1) is 11.3 Å². The topological polar surface area (TPSA) is 59.3 Å². The summed E-state index contributed by atoms with van der Waals surface area (Å²) < 4.78 is 10.5. The third kappa shape index (κ3) is 3.58. The molecule has 4 nitrogen and oxygen atoms in total. The number of benzene rings is 1. The molecule has 4 heteroatoms. The van der Waals surface area contributed by atoms with Crippen LogP contribution in [0.15, 0.2) is 18.2 Å². The summed E-state index contributed by atoms with van der Waals surface area (Å²) in [5.41, 5.74) is 1.39. The molecule has 0 aliphatic carbocycles. The first-order chi connectivity index (χ1) is 8.24. The van der Waals surface area contributed by atoms with Gasteiger partial charge in [-0.15, -0.1) is 0 Å². The van der Waals surface area contributed by atoms with E-state index in [1.165, 1.54) is 7.11 Å². The minimum atomic E-state index is -0.471. The molecule has 1 atom stereocenters. The molecule has 0 N–H and O–H groups in total. The second-order valence-corrected chi connectivity index (χ2v) is 3.47. The van der Waals surface area contributed by atoms with Crippen molar-refractivity contribution in [2.75, 3.05) is 13.7 Å². The number of aldehydes is 1. The lowest BCUT2D eigenvalue weighted by atomic mass is 10.1. The van der Waals surface area contributed by atoms with Crippen molar-refractivity contribution >= 4 is 6.29 Å². The predicted molar refractivity (Wildman–Crippen MR) is 62.9 cm³/mol. The van der Waals surface area contributed by atoms with Gasteiger partial charge in [0.05, 0.1) is 18.7 Å². The number of carbonyl (C=O) groups excluding carboxylic acids is 1. The molecule has 90 valence electrons. The maximum absolute atomic E-state index is 10.8. The van der Waals surface area contributed by atoms with E-state index in [0.717, 1.165) is 11.8 Å². The maximum Gasteiger partial charge on any atom is 0.149 e. The molecule has 1 rings (SSSR count). The fourth-order valence-corrected chi connectivity index (χ4v) is 1.56. The number of hydrogen-bond acceptors (Lipinski definition) is 4. The number of nitrogens with zero attached hydrogens (tertiary/aromatic N) is 1. The Kier molecular flexibility index (Phi) is 5.18. The Balaban J connectivity index is 2.90. The summed E-state index contributed by atoms with van der Waals surface area (Å²) >= 11 is 0. The largest absolute Gasteiger partial charge is 0.496 e. The van der Waals surface area contributed by atoms with Crippen molar-refractivity contribution in [1.29, 1.82) is 5.26 Å². The van der Waals surface area contributed by atoms with Gasteiger partial charge in [-0.3, -0.25) is 0 Å². The average molecular weight is 233 g/mol. The molecule has 0 radical (unpaired) electrons. The molecule has 0 aromatic heterocycles. The van der Waals surface area contributed by atoms with Crippen molar-refractivity contribution in [3.63, 3.8) is 0 Å². The number of methoxy groups -OCH3 is 1. The van der Waals surface area contributed by atoms with Crippen molar-refractivity contribution < 1.29 is 14.3 Å². The summed E-state index contributed by atoms with van der Waals surface area (Å²) in [6.45, 7) is 2.33. The van der Waals surface area contributed by atoms with Gasteiger partial charge < -0.3 is 14.3 Å². The van der Waals surface area contributed by atoms with Crippen molar-refractivity contribution in [3.8, 4) is 11.8 Å². The van der Waals surface area contributed by atoms with Crippen LogP contribution in [0.3, 0.4) is 0 Å². The number of nitriles is 1. The summed E-state index contributed by atoms with van der Waals surface area (Å²) in [6.07, 6.45) is 0.759. The van der Waals surface area contributed by atoms with Crippen LogP contribution in [0.25, 0.3) is 0 Å². The van der Waals surface area contributed by atoms with Gasteiger partial charge in [0.15, 0.2) is 0 Å². The third-order valence-electron chi connectivity index (χ3n) is 2.37. The van der Waals surface area contributed by atoms with Crippen molar-refractivity contribution in [3.05, 3.63) is 29.3 Å². The lowest BCUT2D eigenvalue weighted by molar-refractivity contribution is -0.117. The first-order valence-electron chi connectivity index (χ1n) is 5.39. The Morgan fingerprint density at radius 3 is 2.82 bits per heavy atom. The summed E-state index contributed by atoms with van der Waals surface area (Å²) in [5.74, 6) is 0.607. The van der Waals surface area contributed by atoms with E-state index < -0.39 is 6.10 Å². The van der Waals surface area contributed by atoms with Gasteiger partial charge in [0.1, 0.15) is 18.1 Å². The van der Waals surface area contributed by atoms with E-state index in [9.17, 15) is 4.79 Å². The van der Waals surface area contributed by atoms with Gasteiger partial charge in [-0.25, -0.2) is 0 Å². The molecule has 0 aliphatic rings. The van der Waals surface area contributed by atoms with Crippen LogP contribution in [0.5, 0.6) is 5.75 Å². The zero-order chi connectivity index (χ0) is 12.7. The predicted octanol–water partition coefficient (Wildman–Crippen LogP) is 1.71. The van der Waals surface area contributed by atoms with Crippen LogP contribution < -0.4 is 4.74 Å². The Labute approximate surface area is 101 Å². The molecule has 0 spiro atoms. The van der Waals surface area contributed by atoms with Crippen molar-refractivity contribution in [2.24, 2.45) is 0 Å². The lowest BCUT2D eigenvalue weighted by Crippen LogP contribution is -2.18. The van der Waals surface area contributed by atoms with Gasteiger partial charge >= 0.3 is 0 Å². The van der Waals surface area contributed by atoms with Gasteiger partial charge in [-0.2, -0.15) is 5.26 Å². The summed E-state index contributed by atoms with van der Waals surface area (Å²) in [5, 5.41) is 8.77. The van der Waals surface area contributed by atoms with Gasteiger partial charge in [0, 0.05) is 13.0 Å². The molecular formula is C13H15NO3. The number of rotatable bonds is 6. The minimum Gasteiger partial charge on any atom is -0.496 e. The molecule has 1 aromatic carbocycles. The van der Waals surface area contributed by atoms with Crippen LogP contribution >= 0.6 is 0 Å². The van der Waals surface area contributed by atoms with E-state index in [1.807, 2.05) is 13.0 Å². The third-order valence-corrected chi connectivity index (χ3v) is 2.37. The zero-order valence-electron chi connectivity index (χ0n) is 9.97. The quantitative estimate of drug-likeness (QED) is 0.702. The van der Waals surface area contributed by atoms with Crippen molar-refractivity contribution in [1.82, 2.24) is 0 Å². The molecule has 17 heavy (non-hydrogen) atoms. The average Bonchev–Trinajstić information content (AvgIpc) is 2.38. The Morgan fingerprint density at radius 1 is 1.53 bits per heavy atom. The molecule has 1 unspecified atom stereocenters. The van der Waals surface area contributed by atoms with Crippen LogP contribution in [0.1, 0.15) is 18.1 Å². The lowest BCUT2D eigenvalue weighted by Gasteiger charge is -2.13. The second-order valence-electron chi connectivity index (χ2n) is 3.47. The van der Waals surface area contributed by atoms with E-state index in [2.05, 4.69) is 0 Å². The second kappa shape index (κ2) is 6.66. The first-order valence-corrected chi connectivity index (χ1v) is 5.39. The summed E-state index contributed by atoms with van der Waals surface area (Å²) in [4.78, 5) is 10.8. The minimum absolute atomic E-state index is 0.451. The highest BCUT2D eigenvalue weighted by atomic mass is 16.5. The van der Waals surface area contributed by atoms with Crippen molar-refractivity contribution in [2.45, 2.75) is 19.4 Å². The monoisotopic (exact) mass is 233 g/mol. The Bertz CT molecular complexity index is 423. The van der Waals surface area contributed by atoms with Gasteiger partial charge in [0.2, 0.25) is 0 Å². The van der Waals surface area contributed by atoms with Gasteiger partial charge in [-0.05, 0) is 24.6 Å². The number of hydrogen-bond donors (Lipinski definition) is 0. The number of ether oxygens (including phenoxy) is 2. The number of carbonyl (C=O) groups is 1. The smallest absolute Gasteiger partial charge is 0.149 e. The Morgan fingerprint density at radius 2 is 2.29 bits per heavy atom. The van der Waals surface area contributed by atoms with Gasteiger partial charge in [0.25, 0.3) is 0 Å². The first kappa shape index (κ1) is 13.2. The van der Waals surface area contributed by atoms with Crippen LogP contribution in [0.4, 0.5) is 0 Å². The molecular weight excluding hydrogens is 218 g/mol. The fraction of sp³-hybridized carbons (Fsp3) is 0.385. The Hall–Kier alpha value is -1.86. The highest BCUT2D eigenvalue weighted by Gasteiger charge is 2.12. The maximum atomic E-state index is 10.8. The molecule has 0 bridgehead atoms. The van der Waals surface area contributed by atoms with E-state index in [1.54, 1.807) is 18.2 Å². The highest BCUT2D eigenvalue weighted by Crippen LogP contribution is 2.21. The standard InChI is InChI=1S/C13H15NO3/c1-3-17-12(9-15)7-11-5-4-10(8-14)6-13(11)16-2/h4-6,9,12H,3,7H2,1-2H3. The zero-order valence-corrected chi connectivity index (χ0v) is 9.97. The van der Waals surface area contributed by atoms with E-state index >= 15 is 0 Å². The molecule has 0 saturated heterocycles. The highest BCUT2D eigenvalue weighted by molar-refractivity contribution is 5.57. The summed E-state index contributed by atoms with van der Waals surface area (Å²) in [7, 11) is 1.54. The van der Waals surface area contributed by atoms with Crippen LogP contribution in [0.2, 0.25) is 0 Å². The molecule has 0 heterocycles. The van der Waals surface area contributed by atoms with Gasteiger partial charge in [-0.1, -0.05) is 6.07 Å². The molecule has 0 saturated carbocycles. The SMILES string of the molecule is CCOC(C=O)Cc1ccc(C#N)cc1OC. The molecule has 1 aromatic rings. The molecule has 0 amide bonds. The van der Waals surface area contributed by atoms with Crippen LogP contribution in [-0.4, -0.2) is 26.1 Å². The molecule has 0 aliphatic heterocycles. The van der Waals surface area contributed by atoms with E-state index in [-0.39, 0.29) is 0 Å². The van der Waals surface area contributed by atoms with E-state index in [0.29, 0.717) is 24.3 Å². The fourth-order valence-electron chi connectivity index (χ4n) is 1.56.